The molecule has 0 unspecified atom stereocenters. The second-order valence-corrected chi connectivity index (χ2v) is 4.91. The van der Waals surface area contributed by atoms with E-state index < -0.39 is 0 Å². The maximum atomic E-state index is 7.13. The van der Waals surface area contributed by atoms with Crippen LogP contribution in [0.25, 0.3) is 27.2 Å². The normalized spacial score (nSPS) is 10.1. The number of pyridine rings is 1. The van der Waals surface area contributed by atoms with Gasteiger partial charge in [-0.25, -0.2) is 4.85 Å². The maximum absolute atomic E-state index is 7.13. The first-order chi connectivity index (χ1) is 10.3. The summed E-state index contributed by atoms with van der Waals surface area (Å²) in [6.45, 7) is 9.18. The van der Waals surface area contributed by atoms with E-state index in [1.165, 1.54) is 0 Å². The van der Waals surface area contributed by atoms with Crippen LogP contribution in [0.15, 0.2) is 66.9 Å². The van der Waals surface area contributed by atoms with Gasteiger partial charge < -0.3 is 0 Å². The molecule has 0 aliphatic heterocycles. The van der Waals surface area contributed by atoms with Crippen LogP contribution in [0.2, 0.25) is 0 Å². The van der Waals surface area contributed by atoms with Crippen LogP contribution in [0.1, 0.15) is 5.56 Å². The zero-order valence-electron chi connectivity index (χ0n) is 11.7. The highest BCUT2D eigenvalue weighted by atomic mass is 14.7. The molecule has 0 amide bonds. The molecule has 0 saturated heterocycles. The highest BCUT2D eigenvalue weighted by Gasteiger charge is 2.05. The van der Waals surface area contributed by atoms with E-state index >= 15 is 0 Å². The van der Waals surface area contributed by atoms with E-state index in [2.05, 4.69) is 15.9 Å². The summed E-state index contributed by atoms with van der Waals surface area (Å²) in [7, 11) is 0. The van der Waals surface area contributed by atoms with Crippen molar-refractivity contribution in [2.75, 3.05) is 0 Å². The number of benzene rings is 2. The minimum Gasteiger partial charge on any atom is -0.256 e. The highest BCUT2D eigenvalue weighted by Crippen LogP contribution is 2.28. The third kappa shape index (κ3) is 2.68. The Morgan fingerprint density at radius 2 is 1.71 bits per heavy atom. The molecule has 1 aromatic heterocycles. The van der Waals surface area contributed by atoms with E-state index in [1.54, 1.807) is 0 Å². The fraction of sp³-hybridized carbons (Fsp3) is 0.0526. The lowest BCUT2D eigenvalue weighted by atomic mass is 10.0. The molecule has 1 heterocycles. The number of hydrogen-bond donors (Lipinski definition) is 0. The van der Waals surface area contributed by atoms with Crippen LogP contribution < -0.4 is 0 Å². The lowest BCUT2D eigenvalue weighted by Gasteiger charge is -2.08. The van der Waals surface area contributed by atoms with Gasteiger partial charge in [-0.3, -0.25) is 4.98 Å². The number of nitrogens with zero attached hydrogens (tertiary/aromatic N) is 2. The molecule has 0 aliphatic rings. The molecule has 3 aromatic rings. The van der Waals surface area contributed by atoms with Gasteiger partial charge in [0.15, 0.2) is 5.69 Å². The maximum Gasteiger partial charge on any atom is 0.187 e. The molecule has 0 fully saturated rings. The van der Waals surface area contributed by atoms with Gasteiger partial charge in [0, 0.05) is 11.8 Å². The summed E-state index contributed by atoms with van der Waals surface area (Å²) in [6, 6.07) is 19.9. The summed E-state index contributed by atoms with van der Waals surface area (Å²) in [5.74, 6) is 0. The molecule has 0 aliphatic carbocycles. The zero-order chi connectivity index (χ0) is 14.7. The van der Waals surface area contributed by atoms with Crippen molar-refractivity contribution < 1.29 is 0 Å². The summed E-state index contributed by atoms with van der Waals surface area (Å²) in [6.07, 6.45) is 1.87. The van der Waals surface area contributed by atoms with Crippen LogP contribution in [0.3, 0.4) is 0 Å². The van der Waals surface area contributed by atoms with Gasteiger partial charge in [0.2, 0.25) is 0 Å². The Bertz CT molecular complexity index is 797. The van der Waals surface area contributed by atoms with Crippen LogP contribution in [0.5, 0.6) is 0 Å². The van der Waals surface area contributed by atoms with Crippen molar-refractivity contribution in [3.63, 3.8) is 0 Å². The second-order valence-electron chi connectivity index (χ2n) is 4.91. The number of aryl methyl sites for hydroxylation is 1. The Balaban J connectivity index is 2.00. The van der Waals surface area contributed by atoms with E-state index in [9.17, 15) is 0 Å². The van der Waals surface area contributed by atoms with Crippen molar-refractivity contribution >= 4 is 5.69 Å². The second kappa shape index (κ2) is 5.60. The molecule has 2 aromatic carbocycles. The molecule has 2 nitrogen and oxygen atoms in total. The standard InChI is InChI=1S/C19H14N2/c1-14-8-10-17(20-2)12-18(14)16-9-11-19(21-13-16)15-6-4-3-5-7-15/h3-13H,1H3. The number of aromatic nitrogens is 1. The Kier molecular flexibility index (Phi) is 3.49. The first kappa shape index (κ1) is 13.1. The molecule has 100 valence electrons. The fourth-order valence-electron chi connectivity index (χ4n) is 2.32. The van der Waals surface area contributed by atoms with Gasteiger partial charge in [-0.15, -0.1) is 0 Å². The molecule has 21 heavy (non-hydrogen) atoms. The third-order valence-electron chi connectivity index (χ3n) is 3.49. The van der Waals surface area contributed by atoms with Gasteiger partial charge in [0.1, 0.15) is 0 Å². The summed E-state index contributed by atoms with van der Waals surface area (Å²) in [4.78, 5) is 8.04. The molecule has 3 rings (SSSR count). The third-order valence-corrected chi connectivity index (χ3v) is 3.49. The van der Waals surface area contributed by atoms with E-state index in [-0.39, 0.29) is 0 Å². The van der Waals surface area contributed by atoms with Gasteiger partial charge in [0.25, 0.3) is 0 Å². The fourth-order valence-corrected chi connectivity index (χ4v) is 2.32. The zero-order valence-corrected chi connectivity index (χ0v) is 11.7. The van der Waals surface area contributed by atoms with Crippen LogP contribution in [-0.4, -0.2) is 4.98 Å². The van der Waals surface area contributed by atoms with Gasteiger partial charge in [0.05, 0.1) is 12.3 Å². The lowest BCUT2D eigenvalue weighted by Crippen LogP contribution is -1.87. The van der Waals surface area contributed by atoms with Crippen molar-refractivity contribution in [1.29, 1.82) is 0 Å². The molecule has 2 heteroatoms. The van der Waals surface area contributed by atoms with Crippen molar-refractivity contribution in [3.05, 3.63) is 83.8 Å². The van der Waals surface area contributed by atoms with Gasteiger partial charge in [-0.05, 0) is 35.7 Å². The molecule has 0 radical (unpaired) electrons. The van der Waals surface area contributed by atoms with Crippen LogP contribution in [-0.2, 0) is 0 Å². The first-order valence-electron chi connectivity index (χ1n) is 6.78. The quantitative estimate of drug-likeness (QED) is 0.579. The molecule has 0 bridgehead atoms. The molecular formula is C19H14N2. The summed E-state index contributed by atoms with van der Waals surface area (Å²) in [5, 5.41) is 0. The topological polar surface area (TPSA) is 17.2 Å². The Morgan fingerprint density at radius 1 is 0.905 bits per heavy atom. The van der Waals surface area contributed by atoms with E-state index in [0.29, 0.717) is 5.69 Å². The largest absolute Gasteiger partial charge is 0.256 e. The molecule has 0 atom stereocenters. The molecule has 0 saturated carbocycles. The predicted molar refractivity (Wildman–Crippen MR) is 86.1 cm³/mol. The molecule has 0 spiro atoms. The Hall–Kier alpha value is -2.92. The minimum atomic E-state index is 0.655. The van der Waals surface area contributed by atoms with Crippen LogP contribution in [0, 0.1) is 13.5 Å². The SMILES string of the molecule is [C-]#[N+]c1ccc(C)c(-c2ccc(-c3ccccc3)nc2)c1. The summed E-state index contributed by atoms with van der Waals surface area (Å²) >= 11 is 0. The monoisotopic (exact) mass is 270 g/mol. The highest BCUT2D eigenvalue weighted by molar-refractivity contribution is 5.72. The van der Waals surface area contributed by atoms with Crippen LogP contribution >= 0.6 is 0 Å². The van der Waals surface area contributed by atoms with Gasteiger partial charge in [-0.1, -0.05) is 48.5 Å². The summed E-state index contributed by atoms with van der Waals surface area (Å²) < 4.78 is 0. The minimum absolute atomic E-state index is 0.655. The predicted octanol–water partition coefficient (Wildman–Crippen LogP) is 5.27. The van der Waals surface area contributed by atoms with Crippen molar-refractivity contribution in [2.24, 2.45) is 0 Å². The van der Waals surface area contributed by atoms with E-state index in [0.717, 1.165) is 27.9 Å². The van der Waals surface area contributed by atoms with Crippen molar-refractivity contribution in [3.8, 4) is 22.4 Å². The van der Waals surface area contributed by atoms with Crippen LogP contribution in [0.4, 0.5) is 5.69 Å². The van der Waals surface area contributed by atoms with Gasteiger partial charge in [-0.2, -0.15) is 0 Å². The number of hydrogen-bond acceptors (Lipinski definition) is 1. The molecule has 0 N–H and O–H groups in total. The lowest BCUT2D eigenvalue weighted by molar-refractivity contribution is 1.32. The Labute approximate surface area is 124 Å². The molecular weight excluding hydrogens is 256 g/mol. The van der Waals surface area contributed by atoms with Crippen molar-refractivity contribution in [2.45, 2.75) is 6.92 Å². The van der Waals surface area contributed by atoms with E-state index in [1.807, 2.05) is 67.7 Å². The average molecular weight is 270 g/mol. The van der Waals surface area contributed by atoms with E-state index in [4.69, 9.17) is 6.57 Å². The van der Waals surface area contributed by atoms with Crippen molar-refractivity contribution in [1.82, 2.24) is 4.98 Å². The smallest absolute Gasteiger partial charge is 0.187 e. The summed E-state index contributed by atoms with van der Waals surface area (Å²) in [5.41, 5.74) is 5.97. The van der Waals surface area contributed by atoms with Gasteiger partial charge >= 0.3 is 0 Å². The Morgan fingerprint density at radius 3 is 2.38 bits per heavy atom. The first-order valence-corrected chi connectivity index (χ1v) is 6.78. The average Bonchev–Trinajstić information content (AvgIpc) is 2.56. The number of rotatable bonds is 2.